The van der Waals surface area contributed by atoms with Crippen LogP contribution in [-0.2, 0) is 14.3 Å². The summed E-state index contributed by atoms with van der Waals surface area (Å²) in [4.78, 5) is 39.2. The second-order valence-corrected chi connectivity index (χ2v) is 10.2. The lowest BCUT2D eigenvalue weighted by atomic mass is 9.72. The highest BCUT2D eigenvalue weighted by Crippen LogP contribution is 2.46. The van der Waals surface area contributed by atoms with E-state index in [0.29, 0.717) is 35.4 Å². The summed E-state index contributed by atoms with van der Waals surface area (Å²) in [7, 11) is 0. The van der Waals surface area contributed by atoms with Gasteiger partial charge in [0, 0.05) is 52.2 Å². The number of nitro groups is 1. The van der Waals surface area contributed by atoms with Gasteiger partial charge in [-0.2, -0.15) is 0 Å². The summed E-state index contributed by atoms with van der Waals surface area (Å²) in [6, 6.07) is 19.3. The van der Waals surface area contributed by atoms with Crippen molar-refractivity contribution in [2.24, 2.45) is 0 Å². The lowest BCUT2D eigenvalue weighted by molar-refractivity contribution is -0.384. The summed E-state index contributed by atoms with van der Waals surface area (Å²) in [5.74, 6) is -0.751. The van der Waals surface area contributed by atoms with Crippen LogP contribution >= 0.6 is 11.3 Å². The van der Waals surface area contributed by atoms with Crippen LogP contribution in [0.15, 0.2) is 94.7 Å². The third-order valence-corrected chi connectivity index (χ3v) is 7.77. The number of ketones is 1. The molecule has 2 heterocycles. The maximum absolute atomic E-state index is 13.6. The number of hydrogen-bond donors (Lipinski definition) is 1. The van der Waals surface area contributed by atoms with Crippen LogP contribution in [0, 0.1) is 10.1 Å². The molecule has 38 heavy (non-hydrogen) atoms. The van der Waals surface area contributed by atoms with Gasteiger partial charge in [0.15, 0.2) is 5.78 Å². The minimum Gasteiger partial charge on any atom is -0.490 e. The van der Waals surface area contributed by atoms with Crippen LogP contribution in [0.3, 0.4) is 0 Å². The summed E-state index contributed by atoms with van der Waals surface area (Å²) in [5, 5.41) is 16.8. The Morgan fingerprint density at radius 1 is 1.08 bits per heavy atom. The number of carbonyl (C=O) groups excluding carboxylic acids is 2. The highest BCUT2D eigenvalue weighted by molar-refractivity contribution is 7.10. The second-order valence-electron chi connectivity index (χ2n) is 9.18. The van der Waals surface area contributed by atoms with E-state index >= 15 is 0 Å². The van der Waals surface area contributed by atoms with Crippen molar-refractivity contribution in [3.63, 3.8) is 0 Å². The summed E-state index contributed by atoms with van der Waals surface area (Å²) < 4.78 is 11.2. The Bertz CT molecular complexity index is 1430. The van der Waals surface area contributed by atoms with Gasteiger partial charge in [0.05, 0.1) is 10.5 Å². The van der Waals surface area contributed by atoms with E-state index in [0.717, 1.165) is 10.6 Å². The highest BCUT2D eigenvalue weighted by atomic mass is 32.1. The van der Waals surface area contributed by atoms with Crippen molar-refractivity contribution in [1.82, 2.24) is 5.32 Å². The van der Waals surface area contributed by atoms with Gasteiger partial charge in [0.2, 0.25) is 0 Å². The topological polar surface area (TPSA) is 108 Å². The van der Waals surface area contributed by atoms with Crippen LogP contribution < -0.4 is 10.1 Å². The molecule has 5 rings (SSSR count). The minimum atomic E-state index is -0.773. The molecule has 0 spiro atoms. The molecule has 1 N–H and O–H groups in total. The van der Waals surface area contributed by atoms with Gasteiger partial charge in [0.25, 0.3) is 5.69 Å². The fourth-order valence-corrected chi connectivity index (χ4v) is 5.90. The Kier molecular flexibility index (Phi) is 7.37. The first kappa shape index (κ1) is 25.4. The Labute approximate surface area is 223 Å². The van der Waals surface area contributed by atoms with Crippen molar-refractivity contribution in [3.05, 3.63) is 115 Å². The molecular weight excluding hydrogens is 504 g/mol. The number of esters is 1. The fraction of sp³-hybridized carbons (Fsp3) is 0.241. The Balaban J connectivity index is 1.45. The van der Waals surface area contributed by atoms with Gasteiger partial charge < -0.3 is 14.8 Å². The molecule has 1 aliphatic carbocycles. The van der Waals surface area contributed by atoms with Crippen molar-refractivity contribution >= 4 is 28.8 Å². The zero-order valence-electron chi connectivity index (χ0n) is 20.7. The number of allylic oxidation sites excluding steroid dienone is 3. The molecule has 2 aromatic carbocycles. The summed E-state index contributed by atoms with van der Waals surface area (Å²) in [6.45, 7) is 1.93. The average molecular weight is 531 g/mol. The average Bonchev–Trinajstić information content (AvgIpc) is 3.46. The van der Waals surface area contributed by atoms with E-state index in [1.807, 2.05) is 47.8 Å². The molecule has 0 fully saturated rings. The monoisotopic (exact) mass is 530 g/mol. The first-order valence-electron chi connectivity index (χ1n) is 12.3. The molecule has 2 unspecified atom stereocenters. The van der Waals surface area contributed by atoms with Gasteiger partial charge in [-0.05, 0) is 42.5 Å². The molecule has 0 saturated heterocycles. The number of nitrogens with one attached hydrogen (secondary N) is 1. The van der Waals surface area contributed by atoms with Gasteiger partial charge in [-0.15, -0.1) is 11.3 Å². The van der Waals surface area contributed by atoms with Gasteiger partial charge >= 0.3 is 5.97 Å². The Morgan fingerprint density at radius 3 is 2.63 bits per heavy atom. The molecule has 2 aliphatic rings. The molecule has 0 bridgehead atoms. The van der Waals surface area contributed by atoms with E-state index in [1.54, 1.807) is 30.4 Å². The number of rotatable bonds is 8. The molecule has 1 aromatic heterocycles. The van der Waals surface area contributed by atoms with Crippen molar-refractivity contribution in [3.8, 4) is 5.75 Å². The minimum absolute atomic E-state index is 0.00642. The Morgan fingerprint density at radius 2 is 1.89 bits per heavy atom. The summed E-state index contributed by atoms with van der Waals surface area (Å²) >= 11 is 1.61. The van der Waals surface area contributed by atoms with Crippen LogP contribution in [0.25, 0.3) is 0 Å². The number of dihydropyridines is 1. The zero-order chi connectivity index (χ0) is 26.6. The third-order valence-electron chi connectivity index (χ3n) is 6.74. The predicted molar refractivity (Wildman–Crippen MR) is 143 cm³/mol. The first-order valence-corrected chi connectivity index (χ1v) is 13.2. The van der Waals surface area contributed by atoms with Crippen molar-refractivity contribution < 1.29 is 24.0 Å². The molecular formula is C29H26N2O6S. The number of nitrogens with zero attached hydrogens (tertiary/aromatic N) is 1. The predicted octanol–water partition coefficient (Wildman–Crippen LogP) is 5.64. The number of carbonyl (C=O) groups is 2. The van der Waals surface area contributed by atoms with Gasteiger partial charge in [-0.25, -0.2) is 4.79 Å². The molecule has 194 valence electrons. The zero-order valence-corrected chi connectivity index (χ0v) is 21.5. The number of non-ortho nitro benzene ring substituents is 1. The van der Waals surface area contributed by atoms with E-state index in [-0.39, 0.29) is 36.2 Å². The van der Waals surface area contributed by atoms with Gasteiger partial charge in [-0.3, -0.25) is 14.9 Å². The molecule has 9 heteroatoms. The van der Waals surface area contributed by atoms with Crippen LogP contribution in [0.2, 0.25) is 0 Å². The van der Waals surface area contributed by atoms with E-state index < -0.39 is 16.8 Å². The third kappa shape index (κ3) is 5.24. The van der Waals surface area contributed by atoms with Crippen LogP contribution in [0.5, 0.6) is 5.75 Å². The number of thiophene rings is 1. The maximum Gasteiger partial charge on any atom is 0.336 e. The molecule has 0 saturated carbocycles. The molecule has 1 aliphatic heterocycles. The van der Waals surface area contributed by atoms with Crippen molar-refractivity contribution in [1.29, 1.82) is 0 Å². The normalized spacial score (nSPS) is 19.0. The molecule has 0 amide bonds. The SMILES string of the molecule is CC1=C(C(=O)OCCOc2ccccc2)C(c2cccc([N+](=O)[O-])c2)C2=C(CC(c3cccs3)CC2=O)N1. The molecule has 3 aromatic rings. The van der Waals surface area contributed by atoms with Gasteiger partial charge in [-0.1, -0.05) is 36.4 Å². The first-order chi connectivity index (χ1) is 18.4. The van der Waals surface area contributed by atoms with Crippen molar-refractivity contribution in [2.75, 3.05) is 13.2 Å². The highest BCUT2D eigenvalue weighted by Gasteiger charge is 2.42. The van der Waals surface area contributed by atoms with Crippen LogP contribution in [0.4, 0.5) is 5.69 Å². The standard InChI is InChI=1S/C29H26N2O6S/c1-18-26(29(33)37-13-12-36-22-9-3-2-4-10-22)27(19-7-5-8-21(15-19)31(34)35)28-23(30-18)16-20(17-24(28)32)25-11-6-14-38-25/h2-11,14-15,20,27,30H,12-13,16-17H2,1H3. The molecule has 2 atom stereocenters. The summed E-state index contributed by atoms with van der Waals surface area (Å²) in [6.07, 6.45) is 0.913. The van der Waals surface area contributed by atoms with Crippen molar-refractivity contribution in [2.45, 2.75) is 31.6 Å². The van der Waals surface area contributed by atoms with Crippen LogP contribution in [-0.4, -0.2) is 29.9 Å². The fourth-order valence-electron chi connectivity index (χ4n) is 5.07. The molecule has 8 nitrogen and oxygen atoms in total. The number of hydrogen-bond acceptors (Lipinski definition) is 8. The second kappa shape index (κ2) is 11.0. The van der Waals surface area contributed by atoms with E-state index in [2.05, 4.69) is 5.32 Å². The summed E-state index contributed by atoms with van der Waals surface area (Å²) in [5.41, 5.74) is 2.45. The van der Waals surface area contributed by atoms with Gasteiger partial charge in [0.1, 0.15) is 19.0 Å². The number of Topliss-reactive ketones (excluding diaryl/α,β-unsaturated/α-hetero) is 1. The lowest BCUT2D eigenvalue weighted by Crippen LogP contribution is -2.36. The number of ether oxygens (including phenoxy) is 2. The van der Waals surface area contributed by atoms with E-state index in [1.165, 1.54) is 12.1 Å². The number of nitro benzene ring substituents is 1. The lowest BCUT2D eigenvalue weighted by Gasteiger charge is -2.36. The largest absolute Gasteiger partial charge is 0.490 e. The van der Waals surface area contributed by atoms with Crippen LogP contribution in [0.1, 0.15) is 42.0 Å². The smallest absolute Gasteiger partial charge is 0.336 e. The number of benzene rings is 2. The molecule has 0 radical (unpaired) electrons. The number of para-hydroxylation sites is 1. The quantitative estimate of drug-likeness (QED) is 0.174. The van der Waals surface area contributed by atoms with E-state index in [9.17, 15) is 19.7 Å². The Hall–Kier alpha value is -4.24. The maximum atomic E-state index is 13.6. The van der Waals surface area contributed by atoms with E-state index in [4.69, 9.17) is 9.47 Å².